The Labute approximate surface area is 160 Å². The maximum Gasteiger partial charge on any atom is 0.287 e. The van der Waals surface area contributed by atoms with Crippen LogP contribution in [0.3, 0.4) is 0 Å². The lowest BCUT2D eigenvalue weighted by molar-refractivity contribution is 0.0908. The van der Waals surface area contributed by atoms with Gasteiger partial charge in [-0.3, -0.25) is 9.59 Å². The first-order valence-corrected chi connectivity index (χ1v) is 8.81. The predicted molar refractivity (Wildman–Crippen MR) is 101 cm³/mol. The van der Waals surface area contributed by atoms with Gasteiger partial charge in [-0.05, 0) is 44.0 Å². The van der Waals surface area contributed by atoms with Crippen LogP contribution < -0.4 is 10.6 Å². The van der Waals surface area contributed by atoms with Gasteiger partial charge in [0.2, 0.25) is 0 Å². The molecule has 0 aliphatic heterocycles. The molecule has 0 aliphatic rings. The van der Waals surface area contributed by atoms with Gasteiger partial charge in [0.15, 0.2) is 5.76 Å². The Balaban J connectivity index is 1.63. The van der Waals surface area contributed by atoms with E-state index in [9.17, 15) is 18.4 Å². The minimum Gasteiger partial charge on any atom is -0.450 e. The molecular weight excluding hydrogens is 366 g/mol. The van der Waals surface area contributed by atoms with E-state index in [-0.39, 0.29) is 18.8 Å². The van der Waals surface area contributed by atoms with E-state index in [4.69, 9.17) is 4.42 Å². The van der Waals surface area contributed by atoms with E-state index in [0.29, 0.717) is 5.58 Å². The van der Waals surface area contributed by atoms with Crippen LogP contribution in [0.25, 0.3) is 11.0 Å². The average molecular weight is 386 g/mol. The third kappa shape index (κ3) is 3.60. The lowest BCUT2D eigenvalue weighted by atomic mass is 10.0. The summed E-state index contributed by atoms with van der Waals surface area (Å²) >= 11 is 0. The molecule has 0 spiro atoms. The highest BCUT2D eigenvalue weighted by Gasteiger charge is 2.20. The van der Waals surface area contributed by atoms with E-state index in [0.717, 1.165) is 34.2 Å². The number of carbonyl (C=O) groups is 2. The summed E-state index contributed by atoms with van der Waals surface area (Å²) in [5, 5.41) is 5.93. The first-order valence-electron chi connectivity index (χ1n) is 8.81. The van der Waals surface area contributed by atoms with Crippen molar-refractivity contribution >= 4 is 22.8 Å². The van der Waals surface area contributed by atoms with Gasteiger partial charge in [-0.25, -0.2) is 8.78 Å². The molecule has 0 unspecified atom stereocenters. The number of carbonyl (C=O) groups excluding carboxylic acids is 2. The SMILES string of the molecule is Cc1ccc(C)c2c(C)c(C(=O)NCCNC(=O)c3c(F)cccc3F)oc12. The largest absolute Gasteiger partial charge is 0.450 e. The zero-order chi connectivity index (χ0) is 20.4. The highest BCUT2D eigenvalue weighted by Crippen LogP contribution is 2.30. The summed E-state index contributed by atoms with van der Waals surface area (Å²) in [7, 11) is 0. The molecule has 0 radical (unpaired) electrons. The monoisotopic (exact) mass is 386 g/mol. The van der Waals surface area contributed by atoms with Gasteiger partial charge < -0.3 is 15.1 Å². The summed E-state index contributed by atoms with van der Waals surface area (Å²) in [6.45, 7) is 5.76. The van der Waals surface area contributed by atoms with Gasteiger partial charge in [0, 0.05) is 24.0 Å². The quantitative estimate of drug-likeness (QED) is 0.656. The summed E-state index contributed by atoms with van der Waals surface area (Å²) < 4.78 is 32.9. The molecule has 2 aromatic carbocycles. The van der Waals surface area contributed by atoms with Gasteiger partial charge >= 0.3 is 0 Å². The number of hydrogen-bond acceptors (Lipinski definition) is 3. The Morgan fingerprint density at radius 2 is 1.46 bits per heavy atom. The minimum atomic E-state index is -0.940. The number of fused-ring (bicyclic) bond motifs is 1. The van der Waals surface area contributed by atoms with Crippen molar-refractivity contribution in [3.05, 3.63) is 70.0 Å². The number of aryl methyl sites for hydroxylation is 3. The number of nitrogens with one attached hydrogen (secondary N) is 2. The Morgan fingerprint density at radius 1 is 0.893 bits per heavy atom. The molecule has 0 fully saturated rings. The Morgan fingerprint density at radius 3 is 2.07 bits per heavy atom. The van der Waals surface area contributed by atoms with Crippen LogP contribution in [0.5, 0.6) is 0 Å². The molecule has 2 N–H and O–H groups in total. The van der Waals surface area contributed by atoms with Gasteiger partial charge in [0.25, 0.3) is 11.8 Å². The lowest BCUT2D eigenvalue weighted by Gasteiger charge is -2.08. The molecule has 0 saturated heterocycles. The standard InChI is InChI=1S/C21H20F2N2O3/c1-11-7-8-12(2)18-16(11)13(3)19(28-18)21(27)25-10-9-24-20(26)17-14(22)5-4-6-15(17)23/h4-8H,9-10H2,1-3H3,(H,24,26)(H,25,27). The van der Waals surface area contributed by atoms with Crippen LogP contribution in [-0.2, 0) is 0 Å². The second-order valence-electron chi connectivity index (χ2n) is 6.57. The van der Waals surface area contributed by atoms with Crippen molar-refractivity contribution in [3.63, 3.8) is 0 Å². The van der Waals surface area contributed by atoms with Gasteiger partial charge in [0.05, 0.1) is 0 Å². The lowest BCUT2D eigenvalue weighted by Crippen LogP contribution is -2.35. The summed E-state index contributed by atoms with van der Waals surface area (Å²) in [6, 6.07) is 7.10. The molecular formula is C21H20F2N2O3. The molecule has 5 nitrogen and oxygen atoms in total. The zero-order valence-corrected chi connectivity index (χ0v) is 15.8. The van der Waals surface area contributed by atoms with Crippen molar-refractivity contribution < 1.29 is 22.8 Å². The molecule has 146 valence electrons. The van der Waals surface area contributed by atoms with Crippen molar-refractivity contribution in [2.75, 3.05) is 13.1 Å². The van der Waals surface area contributed by atoms with Crippen LogP contribution in [0.4, 0.5) is 8.78 Å². The molecule has 1 heterocycles. The summed E-state index contributed by atoms with van der Waals surface area (Å²) in [5.74, 6) is -2.97. The van der Waals surface area contributed by atoms with E-state index in [1.54, 1.807) is 0 Å². The van der Waals surface area contributed by atoms with E-state index < -0.39 is 29.0 Å². The topological polar surface area (TPSA) is 71.3 Å². The fraction of sp³-hybridized carbons (Fsp3) is 0.238. The fourth-order valence-corrected chi connectivity index (χ4v) is 3.13. The summed E-state index contributed by atoms with van der Waals surface area (Å²) in [6.07, 6.45) is 0. The number of furan rings is 1. The first kappa shape index (κ1) is 19.5. The molecule has 2 amide bonds. The van der Waals surface area contributed by atoms with E-state index in [2.05, 4.69) is 10.6 Å². The molecule has 1 aromatic heterocycles. The van der Waals surface area contributed by atoms with Crippen LogP contribution in [0, 0.1) is 32.4 Å². The van der Waals surface area contributed by atoms with E-state index in [1.807, 2.05) is 32.9 Å². The highest BCUT2D eigenvalue weighted by atomic mass is 19.1. The van der Waals surface area contributed by atoms with Crippen molar-refractivity contribution in [3.8, 4) is 0 Å². The zero-order valence-electron chi connectivity index (χ0n) is 15.8. The van der Waals surface area contributed by atoms with E-state index >= 15 is 0 Å². The molecule has 3 aromatic rings. The average Bonchev–Trinajstić information content (AvgIpc) is 3.00. The number of benzene rings is 2. The normalized spacial score (nSPS) is 10.9. The molecule has 3 rings (SSSR count). The molecule has 0 saturated carbocycles. The minimum absolute atomic E-state index is 0.00960. The van der Waals surface area contributed by atoms with Crippen molar-refractivity contribution in [2.45, 2.75) is 20.8 Å². The van der Waals surface area contributed by atoms with Crippen molar-refractivity contribution in [2.24, 2.45) is 0 Å². The summed E-state index contributed by atoms with van der Waals surface area (Å²) in [4.78, 5) is 24.4. The molecule has 0 aliphatic carbocycles. The van der Waals surface area contributed by atoms with Crippen LogP contribution >= 0.6 is 0 Å². The highest BCUT2D eigenvalue weighted by molar-refractivity contribution is 6.00. The number of rotatable bonds is 5. The Hall–Kier alpha value is -3.22. The maximum atomic E-state index is 13.6. The van der Waals surface area contributed by atoms with Crippen LogP contribution in [0.2, 0.25) is 0 Å². The molecule has 7 heteroatoms. The molecule has 0 atom stereocenters. The Bertz CT molecular complexity index is 1050. The predicted octanol–water partition coefficient (Wildman–Crippen LogP) is 3.80. The second kappa shape index (κ2) is 7.80. The van der Waals surface area contributed by atoms with Gasteiger partial charge in [-0.1, -0.05) is 18.2 Å². The maximum absolute atomic E-state index is 13.6. The number of amides is 2. The Kier molecular flexibility index (Phi) is 5.44. The third-order valence-electron chi connectivity index (χ3n) is 4.57. The summed E-state index contributed by atoms with van der Waals surface area (Å²) in [5.41, 5.74) is 2.71. The van der Waals surface area contributed by atoms with Crippen molar-refractivity contribution in [1.29, 1.82) is 0 Å². The first-order chi connectivity index (χ1) is 13.3. The van der Waals surface area contributed by atoms with Gasteiger partial charge in [0.1, 0.15) is 22.8 Å². The smallest absolute Gasteiger partial charge is 0.287 e. The third-order valence-corrected chi connectivity index (χ3v) is 4.57. The number of hydrogen-bond donors (Lipinski definition) is 2. The number of halogens is 2. The second-order valence-corrected chi connectivity index (χ2v) is 6.57. The van der Waals surface area contributed by atoms with Gasteiger partial charge in [-0.2, -0.15) is 0 Å². The molecule has 0 bridgehead atoms. The molecule has 28 heavy (non-hydrogen) atoms. The van der Waals surface area contributed by atoms with Crippen LogP contribution in [0.15, 0.2) is 34.7 Å². The van der Waals surface area contributed by atoms with Gasteiger partial charge in [-0.15, -0.1) is 0 Å². The van der Waals surface area contributed by atoms with Crippen molar-refractivity contribution in [1.82, 2.24) is 10.6 Å². The van der Waals surface area contributed by atoms with E-state index in [1.165, 1.54) is 6.07 Å². The fourth-order valence-electron chi connectivity index (χ4n) is 3.13. The van der Waals surface area contributed by atoms with Crippen LogP contribution in [-0.4, -0.2) is 24.9 Å². The van der Waals surface area contributed by atoms with Crippen LogP contribution in [0.1, 0.15) is 37.6 Å².